The topological polar surface area (TPSA) is 187 Å². The number of ketones is 3. The Morgan fingerprint density at radius 1 is 1.12 bits per heavy atom. The molecule has 43 heavy (non-hydrogen) atoms. The minimum atomic E-state index is -2.71. The summed E-state index contributed by atoms with van der Waals surface area (Å²) in [4.78, 5) is 67.2. The number of nitrogens with one attached hydrogen (secondary N) is 1. The van der Waals surface area contributed by atoms with Gasteiger partial charge in [-0.15, -0.1) is 6.58 Å². The second-order valence-electron chi connectivity index (χ2n) is 11.9. The first kappa shape index (κ1) is 30.3. The van der Waals surface area contributed by atoms with Crippen LogP contribution in [0.2, 0.25) is 0 Å². The maximum atomic E-state index is 14.0. The Hall–Kier alpha value is -4.19. The van der Waals surface area contributed by atoms with Crippen molar-refractivity contribution in [3.8, 4) is 16.9 Å². The number of likely N-dealkylation sites (N-methyl/N-ethyl adjacent to an activating group) is 1. The van der Waals surface area contributed by atoms with E-state index in [1.165, 1.54) is 6.07 Å². The highest BCUT2D eigenvalue weighted by atomic mass is 16.3. The number of primary amides is 1. The number of rotatable bonds is 7. The molecule has 7 atom stereocenters. The van der Waals surface area contributed by atoms with Crippen molar-refractivity contribution in [2.24, 2.45) is 29.4 Å². The lowest BCUT2D eigenvalue weighted by atomic mass is 9.52. The van der Waals surface area contributed by atoms with Gasteiger partial charge in [0.2, 0.25) is 11.8 Å². The average molecular weight is 590 g/mol. The summed E-state index contributed by atoms with van der Waals surface area (Å²) in [5, 5.41) is 36.3. The molecule has 226 valence electrons. The number of nitrogens with two attached hydrogens (primary N) is 1. The third-order valence-electron chi connectivity index (χ3n) is 9.23. The Bertz CT molecular complexity index is 1530. The van der Waals surface area contributed by atoms with Crippen LogP contribution in [0.3, 0.4) is 0 Å². The van der Waals surface area contributed by atoms with E-state index in [0.717, 1.165) is 0 Å². The number of anilines is 1. The van der Waals surface area contributed by atoms with Crippen molar-refractivity contribution in [2.45, 2.75) is 43.4 Å². The normalized spacial score (nSPS) is 29.8. The minimum absolute atomic E-state index is 0.0278. The van der Waals surface area contributed by atoms with Crippen LogP contribution in [0.5, 0.6) is 5.75 Å². The zero-order chi connectivity index (χ0) is 31.4. The van der Waals surface area contributed by atoms with E-state index in [1.54, 1.807) is 55.4 Å². The van der Waals surface area contributed by atoms with Crippen molar-refractivity contribution in [1.82, 2.24) is 4.90 Å². The molecular weight excluding hydrogens is 554 g/mol. The highest BCUT2D eigenvalue weighted by molar-refractivity contribution is 6.25. The number of carbonyl (C=O) groups is 5. The second kappa shape index (κ2) is 11.1. The quantitative estimate of drug-likeness (QED) is 0.234. The van der Waals surface area contributed by atoms with Crippen LogP contribution in [0.4, 0.5) is 5.69 Å². The number of amides is 2. The number of aromatic hydroxyl groups is 1. The van der Waals surface area contributed by atoms with E-state index < -0.39 is 64.7 Å². The van der Waals surface area contributed by atoms with Crippen molar-refractivity contribution in [3.05, 3.63) is 60.2 Å². The molecule has 0 spiro atoms. The number of phenolic OH excluding ortho intramolecular Hbond substituents is 1. The van der Waals surface area contributed by atoms with E-state index in [4.69, 9.17) is 5.73 Å². The number of aliphatic hydroxyl groups excluding tert-OH is 1. The van der Waals surface area contributed by atoms with Crippen molar-refractivity contribution in [1.29, 1.82) is 0 Å². The van der Waals surface area contributed by atoms with E-state index in [2.05, 4.69) is 11.9 Å². The predicted octanol–water partition coefficient (Wildman–Crippen LogP) is 1.23. The van der Waals surface area contributed by atoms with Gasteiger partial charge in [0, 0.05) is 24.1 Å². The van der Waals surface area contributed by atoms with E-state index in [-0.39, 0.29) is 30.1 Å². The van der Waals surface area contributed by atoms with Gasteiger partial charge >= 0.3 is 0 Å². The number of hydrogen-bond donors (Lipinski definition) is 5. The van der Waals surface area contributed by atoms with E-state index >= 15 is 0 Å². The molecule has 0 saturated heterocycles. The minimum Gasteiger partial charge on any atom is -0.507 e. The van der Waals surface area contributed by atoms with Gasteiger partial charge in [-0.2, -0.15) is 0 Å². The third kappa shape index (κ3) is 4.77. The number of Topliss-reactive ketones (excluding diaryl/α,β-unsaturated/α-hetero) is 3. The zero-order valence-electron chi connectivity index (χ0n) is 23.9. The fourth-order valence-corrected chi connectivity index (χ4v) is 7.28. The van der Waals surface area contributed by atoms with Crippen LogP contribution < -0.4 is 11.1 Å². The lowest BCUT2D eigenvalue weighted by Gasteiger charge is -2.54. The molecule has 2 amide bonds. The molecule has 3 aliphatic rings. The fourth-order valence-electron chi connectivity index (χ4n) is 7.28. The van der Waals surface area contributed by atoms with Gasteiger partial charge in [0.05, 0.1) is 17.6 Å². The maximum Gasteiger partial charge on any atom is 0.230 e. The summed E-state index contributed by atoms with van der Waals surface area (Å²) in [5.74, 6) is -9.62. The van der Waals surface area contributed by atoms with Gasteiger partial charge in [0.1, 0.15) is 11.7 Å². The summed E-state index contributed by atoms with van der Waals surface area (Å²) in [6, 6.07) is 9.07. The standard InChI is InChI=1S/C32H35N3O8/c1-4-5-6-22(37)34-17-9-7-15(8-10-17)18-11-12-21(36)24-19(18)13-16-14-20-26(35(2)3)28(39)25(31(33)42)30(41)32(20,43)29(40)23(16)27(24)38/h4,7-12,16,20,23,25-26,28,36,39,43H,1,5-6,13-14H2,2-3H3,(H2,33,42)(H,34,37)/t16-,20-,23?,25?,26-,28?,32-/m1/s1. The molecule has 0 heterocycles. The van der Waals surface area contributed by atoms with Crippen LogP contribution in [0, 0.1) is 23.7 Å². The first-order chi connectivity index (χ1) is 20.3. The molecule has 0 aromatic heterocycles. The van der Waals surface area contributed by atoms with Gasteiger partial charge in [-0.25, -0.2) is 0 Å². The SMILES string of the molecule is C=CCCC(=O)Nc1ccc(-c2ccc(O)c3c2C[C@@H]2C[C@@H]4[C@@H](N(C)C)C(O)C(C(N)=O)C(=O)[C@]4(O)C(=O)C2C3=O)cc1. The Balaban J connectivity index is 1.54. The van der Waals surface area contributed by atoms with Gasteiger partial charge in [-0.1, -0.05) is 24.3 Å². The monoisotopic (exact) mass is 589 g/mol. The summed E-state index contributed by atoms with van der Waals surface area (Å²) in [5.41, 5.74) is 5.12. The maximum absolute atomic E-state index is 14.0. The molecule has 11 nitrogen and oxygen atoms in total. The number of nitrogens with zero attached hydrogens (tertiary/aromatic N) is 1. The van der Waals surface area contributed by atoms with Gasteiger partial charge in [-0.05, 0) is 74.2 Å². The van der Waals surface area contributed by atoms with Crippen LogP contribution in [0.15, 0.2) is 49.1 Å². The number of allylic oxidation sites excluding steroid dienone is 1. The number of aliphatic hydroxyl groups is 2. The molecule has 2 fully saturated rings. The molecule has 6 N–H and O–H groups in total. The summed E-state index contributed by atoms with van der Waals surface area (Å²) >= 11 is 0. The number of benzene rings is 2. The van der Waals surface area contributed by atoms with E-state index in [0.29, 0.717) is 35.2 Å². The Morgan fingerprint density at radius 3 is 2.40 bits per heavy atom. The van der Waals surface area contributed by atoms with E-state index in [1.807, 2.05) is 0 Å². The van der Waals surface area contributed by atoms with Crippen LogP contribution >= 0.6 is 0 Å². The molecule has 2 aromatic rings. The first-order valence-corrected chi connectivity index (χ1v) is 14.2. The molecule has 0 aliphatic heterocycles. The number of carbonyl (C=O) groups excluding carboxylic acids is 5. The van der Waals surface area contributed by atoms with Crippen LogP contribution in [0.1, 0.15) is 35.2 Å². The first-order valence-electron chi connectivity index (χ1n) is 14.2. The highest BCUT2D eigenvalue weighted by Crippen LogP contribution is 2.52. The summed E-state index contributed by atoms with van der Waals surface area (Å²) in [7, 11) is 3.20. The van der Waals surface area contributed by atoms with Crippen LogP contribution in [-0.4, -0.2) is 81.2 Å². The predicted molar refractivity (Wildman–Crippen MR) is 156 cm³/mol. The second-order valence-corrected chi connectivity index (χ2v) is 11.9. The largest absolute Gasteiger partial charge is 0.507 e. The molecule has 2 aromatic carbocycles. The molecule has 5 rings (SSSR count). The molecule has 3 aliphatic carbocycles. The Morgan fingerprint density at radius 2 is 1.79 bits per heavy atom. The summed E-state index contributed by atoms with van der Waals surface area (Å²) in [6.45, 7) is 3.61. The average Bonchev–Trinajstić information content (AvgIpc) is 2.94. The fraction of sp³-hybridized carbons (Fsp3) is 0.406. The van der Waals surface area contributed by atoms with Crippen LogP contribution in [-0.2, 0) is 25.6 Å². The Labute approximate surface area is 248 Å². The van der Waals surface area contributed by atoms with Gasteiger partial charge < -0.3 is 31.3 Å². The van der Waals surface area contributed by atoms with Gasteiger partial charge in [0.25, 0.3) is 0 Å². The van der Waals surface area contributed by atoms with E-state index in [9.17, 15) is 39.3 Å². The molecule has 2 saturated carbocycles. The molecule has 0 radical (unpaired) electrons. The lowest BCUT2D eigenvalue weighted by Crippen LogP contribution is -2.75. The Kier molecular flexibility index (Phi) is 7.84. The van der Waals surface area contributed by atoms with Gasteiger partial charge in [0.15, 0.2) is 23.0 Å². The zero-order valence-corrected chi connectivity index (χ0v) is 23.9. The molecule has 11 heteroatoms. The smallest absolute Gasteiger partial charge is 0.230 e. The number of fused-ring (bicyclic) bond motifs is 3. The van der Waals surface area contributed by atoms with Gasteiger partial charge in [-0.3, -0.25) is 24.0 Å². The van der Waals surface area contributed by atoms with Crippen LogP contribution in [0.25, 0.3) is 11.1 Å². The van der Waals surface area contributed by atoms with Crippen molar-refractivity contribution in [3.63, 3.8) is 0 Å². The third-order valence-corrected chi connectivity index (χ3v) is 9.23. The number of hydrogen-bond acceptors (Lipinski definition) is 9. The molecule has 0 bridgehead atoms. The van der Waals surface area contributed by atoms with Crippen molar-refractivity contribution in [2.75, 3.05) is 19.4 Å². The lowest BCUT2D eigenvalue weighted by molar-refractivity contribution is -0.190. The summed E-state index contributed by atoms with van der Waals surface area (Å²) < 4.78 is 0. The number of phenols is 1. The van der Waals surface area contributed by atoms with Crippen molar-refractivity contribution < 1.29 is 39.3 Å². The van der Waals surface area contributed by atoms with Crippen molar-refractivity contribution >= 4 is 34.9 Å². The highest BCUT2D eigenvalue weighted by Gasteiger charge is 2.69. The molecule has 3 unspecified atom stereocenters. The molecular formula is C32H35N3O8. The summed E-state index contributed by atoms with van der Waals surface area (Å²) in [6.07, 6.45) is 1.16.